The molecule has 1 unspecified atom stereocenters. The molecule has 0 aromatic carbocycles. The van der Waals surface area contributed by atoms with Crippen LogP contribution in [0.5, 0.6) is 0 Å². The van der Waals surface area contributed by atoms with Crippen molar-refractivity contribution in [3.8, 4) is 0 Å². The Labute approximate surface area is 120 Å². The Balaban J connectivity index is 2.00. The first kappa shape index (κ1) is 14.8. The van der Waals surface area contributed by atoms with Crippen molar-refractivity contribution in [3.63, 3.8) is 0 Å². The first-order valence-electron chi connectivity index (χ1n) is 7.22. The maximum absolute atomic E-state index is 12.1. The van der Waals surface area contributed by atoms with Gasteiger partial charge in [0.05, 0.1) is 0 Å². The van der Waals surface area contributed by atoms with Gasteiger partial charge in [0, 0.05) is 36.4 Å². The molecule has 1 saturated heterocycles. The van der Waals surface area contributed by atoms with E-state index < -0.39 is 0 Å². The van der Waals surface area contributed by atoms with Gasteiger partial charge < -0.3 is 10.2 Å². The minimum atomic E-state index is -0.345. The zero-order valence-electron chi connectivity index (χ0n) is 12.8. The monoisotopic (exact) mass is 276 g/mol. The fourth-order valence-corrected chi connectivity index (χ4v) is 2.27. The number of carbonyl (C=O) groups excluding carboxylic acids is 1. The molecular formula is C15H24N4O. The molecule has 5 nitrogen and oxygen atoms in total. The van der Waals surface area contributed by atoms with Crippen LogP contribution in [0, 0.1) is 12.3 Å². The minimum Gasteiger partial charge on any atom is -0.351 e. The van der Waals surface area contributed by atoms with Crippen molar-refractivity contribution >= 4 is 11.9 Å². The van der Waals surface area contributed by atoms with E-state index in [2.05, 4.69) is 20.2 Å². The van der Waals surface area contributed by atoms with Crippen LogP contribution in [0.2, 0.25) is 0 Å². The van der Waals surface area contributed by atoms with E-state index in [0.29, 0.717) is 0 Å². The van der Waals surface area contributed by atoms with Crippen LogP contribution in [0.15, 0.2) is 12.3 Å². The van der Waals surface area contributed by atoms with Crippen LogP contribution in [0.25, 0.3) is 0 Å². The summed E-state index contributed by atoms with van der Waals surface area (Å²) in [7, 11) is 0. The molecule has 1 amide bonds. The second kappa shape index (κ2) is 5.77. The van der Waals surface area contributed by atoms with E-state index in [1.165, 1.54) is 0 Å². The molecule has 1 aliphatic rings. The Morgan fingerprint density at radius 2 is 2.20 bits per heavy atom. The average Bonchev–Trinajstić information content (AvgIpc) is 2.38. The second-order valence-electron chi connectivity index (χ2n) is 6.51. The molecule has 2 heterocycles. The third-order valence-corrected chi connectivity index (χ3v) is 3.50. The molecule has 20 heavy (non-hydrogen) atoms. The molecule has 0 spiro atoms. The molecule has 1 N–H and O–H groups in total. The zero-order valence-corrected chi connectivity index (χ0v) is 12.8. The van der Waals surface area contributed by atoms with Gasteiger partial charge in [-0.1, -0.05) is 20.8 Å². The molecule has 1 aromatic heterocycles. The number of carbonyl (C=O) groups is 1. The van der Waals surface area contributed by atoms with Crippen LogP contribution in [0.3, 0.4) is 0 Å². The summed E-state index contributed by atoms with van der Waals surface area (Å²) >= 11 is 0. The number of hydrogen-bond acceptors (Lipinski definition) is 4. The number of amides is 1. The summed E-state index contributed by atoms with van der Waals surface area (Å²) in [4.78, 5) is 23.0. The predicted octanol–water partition coefficient (Wildman–Crippen LogP) is 1.92. The number of aryl methyl sites for hydroxylation is 1. The summed E-state index contributed by atoms with van der Waals surface area (Å²) < 4.78 is 0. The van der Waals surface area contributed by atoms with Crippen LogP contribution >= 0.6 is 0 Å². The summed E-state index contributed by atoms with van der Waals surface area (Å²) in [5.41, 5.74) is 0.623. The summed E-state index contributed by atoms with van der Waals surface area (Å²) in [6.45, 7) is 9.51. The van der Waals surface area contributed by atoms with Crippen molar-refractivity contribution < 1.29 is 4.79 Å². The highest BCUT2D eigenvalue weighted by atomic mass is 16.2. The zero-order chi connectivity index (χ0) is 14.8. The number of hydrogen-bond donors (Lipinski definition) is 1. The molecule has 0 saturated carbocycles. The van der Waals surface area contributed by atoms with Crippen LogP contribution in [-0.4, -0.2) is 35.0 Å². The third-order valence-electron chi connectivity index (χ3n) is 3.50. The van der Waals surface area contributed by atoms with E-state index in [4.69, 9.17) is 0 Å². The Kier molecular flexibility index (Phi) is 4.26. The third kappa shape index (κ3) is 3.68. The fourth-order valence-electron chi connectivity index (χ4n) is 2.27. The number of rotatable bonds is 2. The van der Waals surface area contributed by atoms with Crippen LogP contribution in [-0.2, 0) is 4.79 Å². The summed E-state index contributed by atoms with van der Waals surface area (Å²) in [5.74, 6) is 0.870. The number of nitrogens with zero attached hydrogens (tertiary/aromatic N) is 3. The van der Waals surface area contributed by atoms with Gasteiger partial charge in [0.1, 0.15) is 0 Å². The van der Waals surface area contributed by atoms with Crippen LogP contribution in [0.1, 0.15) is 39.3 Å². The highest BCUT2D eigenvalue weighted by molar-refractivity contribution is 5.81. The number of aromatic nitrogens is 2. The standard InChI is InChI=1S/C15H24N4O/c1-11-7-8-16-14(17-11)19-9-5-6-12(10-19)18-13(20)15(2,3)4/h7-8,12H,5-6,9-10H2,1-4H3,(H,18,20). The second-order valence-corrected chi connectivity index (χ2v) is 6.51. The molecule has 0 aliphatic carbocycles. The smallest absolute Gasteiger partial charge is 0.225 e. The van der Waals surface area contributed by atoms with Gasteiger partial charge in [-0.3, -0.25) is 4.79 Å². The van der Waals surface area contributed by atoms with Crippen molar-refractivity contribution in [2.24, 2.45) is 5.41 Å². The van der Waals surface area contributed by atoms with E-state index in [9.17, 15) is 4.79 Å². The van der Waals surface area contributed by atoms with Gasteiger partial charge >= 0.3 is 0 Å². The van der Waals surface area contributed by atoms with Gasteiger partial charge in [0.25, 0.3) is 0 Å². The molecule has 0 bridgehead atoms. The van der Waals surface area contributed by atoms with Gasteiger partial charge in [-0.15, -0.1) is 0 Å². The molecule has 0 radical (unpaired) electrons. The van der Waals surface area contributed by atoms with E-state index >= 15 is 0 Å². The lowest BCUT2D eigenvalue weighted by atomic mass is 9.94. The molecule has 2 rings (SSSR count). The number of piperidine rings is 1. The van der Waals surface area contributed by atoms with Crippen molar-refractivity contribution in [3.05, 3.63) is 18.0 Å². The lowest BCUT2D eigenvalue weighted by molar-refractivity contribution is -0.129. The summed E-state index contributed by atoms with van der Waals surface area (Å²) in [6.07, 6.45) is 3.85. The van der Waals surface area contributed by atoms with Gasteiger partial charge in [0.2, 0.25) is 11.9 Å². The van der Waals surface area contributed by atoms with E-state index in [0.717, 1.165) is 37.6 Å². The van der Waals surface area contributed by atoms with Gasteiger partial charge in [0.15, 0.2) is 0 Å². The highest BCUT2D eigenvalue weighted by Gasteiger charge is 2.27. The molecule has 1 aliphatic heterocycles. The largest absolute Gasteiger partial charge is 0.351 e. The lowest BCUT2D eigenvalue weighted by Gasteiger charge is -2.34. The first-order chi connectivity index (χ1) is 9.36. The number of nitrogens with one attached hydrogen (secondary N) is 1. The normalized spacial score (nSPS) is 19.8. The molecule has 1 fully saturated rings. The Hall–Kier alpha value is -1.65. The van der Waals surface area contributed by atoms with Gasteiger partial charge in [-0.2, -0.15) is 0 Å². The maximum Gasteiger partial charge on any atom is 0.225 e. The molecule has 1 atom stereocenters. The van der Waals surface area contributed by atoms with Crippen molar-refractivity contribution in [2.75, 3.05) is 18.0 Å². The van der Waals surface area contributed by atoms with Crippen LogP contribution in [0.4, 0.5) is 5.95 Å². The Morgan fingerprint density at radius 1 is 1.45 bits per heavy atom. The first-order valence-corrected chi connectivity index (χ1v) is 7.22. The Morgan fingerprint density at radius 3 is 2.85 bits per heavy atom. The summed E-state index contributed by atoms with van der Waals surface area (Å²) in [6, 6.07) is 2.08. The minimum absolute atomic E-state index is 0.106. The van der Waals surface area contributed by atoms with E-state index in [1.54, 1.807) is 6.20 Å². The topological polar surface area (TPSA) is 58.1 Å². The fraction of sp³-hybridized carbons (Fsp3) is 0.667. The maximum atomic E-state index is 12.1. The Bertz CT molecular complexity index is 481. The van der Waals surface area contributed by atoms with Crippen molar-refractivity contribution in [2.45, 2.75) is 46.6 Å². The quantitative estimate of drug-likeness (QED) is 0.896. The number of anilines is 1. The molecule has 5 heteroatoms. The average molecular weight is 276 g/mol. The van der Waals surface area contributed by atoms with Crippen molar-refractivity contribution in [1.82, 2.24) is 15.3 Å². The van der Waals surface area contributed by atoms with Crippen LogP contribution < -0.4 is 10.2 Å². The van der Waals surface area contributed by atoms with Crippen molar-refractivity contribution in [1.29, 1.82) is 0 Å². The molecule has 1 aromatic rings. The van der Waals surface area contributed by atoms with E-state index in [-0.39, 0.29) is 17.4 Å². The predicted molar refractivity (Wildman–Crippen MR) is 79.6 cm³/mol. The molecular weight excluding hydrogens is 252 g/mol. The van der Waals surface area contributed by atoms with Gasteiger partial charge in [-0.25, -0.2) is 9.97 Å². The summed E-state index contributed by atoms with van der Waals surface area (Å²) in [5, 5.41) is 3.14. The SMILES string of the molecule is Cc1ccnc(N2CCCC(NC(=O)C(C)(C)C)C2)n1. The lowest BCUT2D eigenvalue weighted by Crippen LogP contribution is -2.50. The highest BCUT2D eigenvalue weighted by Crippen LogP contribution is 2.18. The van der Waals surface area contributed by atoms with Gasteiger partial charge in [-0.05, 0) is 25.8 Å². The van der Waals surface area contributed by atoms with E-state index in [1.807, 2.05) is 33.8 Å². The molecule has 110 valence electrons.